The van der Waals surface area contributed by atoms with E-state index >= 15 is 0 Å². The summed E-state index contributed by atoms with van der Waals surface area (Å²) in [5.41, 5.74) is 2.42. The van der Waals surface area contributed by atoms with Gasteiger partial charge in [0.15, 0.2) is 11.5 Å². The number of fused-ring (bicyclic) bond motifs is 1. The Hall–Kier alpha value is -3.20. The van der Waals surface area contributed by atoms with Crippen LogP contribution in [-0.4, -0.2) is 33.9 Å². The molecular formula is C18H14ClF2N5O2. The molecule has 0 amide bonds. The zero-order valence-electron chi connectivity index (χ0n) is 14.5. The van der Waals surface area contributed by atoms with Gasteiger partial charge >= 0.3 is 6.61 Å². The third-order valence-corrected chi connectivity index (χ3v) is 4.48. The number of alkyl halides is 2. The lowest BCUT2D eigenvalue weighted by Gasteiger charge is -2.24. The zero-order valence-corrected chi connectivity index (χ0v) is 15.3. The number of rotatable bonds is 5. The quantitative estimate of drug-likeness (QED) is 0.691. The Bertz CT molecular complexity index is 1020. The van der Waals surface area contributed by atoms with Crippen LogP contribution in [0.25, 0.3) is 5.70 Å². The molecule has 2 heterocycles. The van der Waals surface area contributed by atoms with E-state index in [2.05, 4.69) is 25.6 Å². The maximum Gasteiger partial charge on any atom is 0.387 e. The SMILES string of the molecule is COc1cc([C@H]2C=C(c3ccc(Cl)cc3)Nc3nnnn32)ccc1OC(F)F. The van der Waals surface area contributed by atoms with Crippen LogP contribution in [0.1, 0.15) is 17.2 Å². The number of hydrogen-bond donors (Lipinski definition) is 1. The Kier molecular flexibility index (Phi) is 4.82. The Morgan fingerprint density at radius 3 is 2.64 bits per heavy atom. The molecule has 0 aliphatic carbocycles. The Labute approximate surface area is 163 Å². The molecule has 28 heavy (non-hydrogen) atoms. The zero-order chi connectivity index (χ0) is 19.7. The molecule has 1 aromatic heterocycles. The molecule has 4 rings (SSSR count). The third kappa shape index (κ3) is 3.48. The van der Waals surface area contributed by atoms with Crippen LogP contribution >= 0.6 is 11.6 Å². The van der Waals surface area contributed by atoms with Crippen LogP contribution < -0.4 is 14.8 Å². The Morgan fingerprint density at radius 2 is 1.93 bits per heavy atom. The predicted molar refractivity (Wildman–Crippen MR) is 98.6 cm³/mol. The average Bonchev–Trinajstić information content (AvgIpc) is 3.16. The number of nitrogens with one attached hydrogen (secondary N) is 1. The van der Waals surface area contributed by atoms with E-state index in [9.17, 15) is 8.78 Å². The van der Waals surface area contributed by atoms with Gasteiger partial charge in [-0.25, -0.2) is 0 Å². The first-order valence-corrected chi connectivity index (χ1v) is 8.58. The van der Waals surface area contributed by atoms with Crippen molar-refractivity contribution in [1.82, 2.24) is 20.2 Å². The van der Waals surface area contributed by atoms with Crippen molar-refractivity contribution in [3.8, 4) is 11.5 Å². The number of aromatic nitrogens is 4. The van der Waals surface area contributed by atoms with Crippen LogP contribution in [-0.2, 0) is 0 Å². The fourth-order valence-electron chi connectivity index (χ4n) is 2.95. The molecule has 3 aromatic rings. The van der Waals surface area contributed by atoms with Gasteiger partial charge in [-0.05, 0) is 51.9 Å². The van der Waals surface area contributed by atoms with E-state index in [1.54, 1.807) is 28.9 Å². The molecule has 1 atom stereocenters. The molecule has 1 aliphatic rings. The van der Waals surface area contributed by atoms with E-state index in [0.29, 0.717) is 11.0 Å². The van der Waals surface area contributed by atoms with Gasteiger partial charge in [0.2, 0.25) is 5.95 Å². The van der Waals surface area contributed by atoms with Crippen molar-refractivity contribution in [2.45, 2.75) is 12.7 Å². The summed E-state index contributed by atoms with van der Waals surface area (Å²) in [7, 11) is 1.39. The second-order valence-electron chi connectivity index (χ2n) is 5.89. The fourth-order valence-corrected chi connectivity index (χ4v) is 3.08. The van der Waals surface area contributed by atoms with Crippen molar-refractivity contribution < 1.29 is 18.3 Å². The number of tetrazole rings is 1. The molecule has 10 heteroatoms. The van der Waals surface area contributed by atoms with Gasteiger partial charge in [0, 0.05) is 10.7 Å². The number of benzene rings is 2. The molecule has 0 bridgehead atoms. The highest BCUT2D eigenvalue weighted by atomic mass is 35.5. The highest BCUT2D eigenvalue weighted by molar-refractivity contribution is 6.30. The maximum atomic E-state index is 12.6. The van der Waals surface area contributed by atoms with Gasteiger partial charge in [-0.3, -0.25) is 0 Å². The van der Waals surface area contributed by atoms with E-state index < -0.39 is 6.61 Å². The molecule has 0 saturated heterocycles. The minimum atomic E-state index is -2.94. The molecule has 0 saturated carbocycles. The largest absolute Gasteiger partial charge is 0.493 e. The maximum absolute atomic E-state index is 12.6. The summed E-state index contributed by atoms with van der Waals surface area (Å²) >= 11 is 5.97. The second-order valence-corrected chi connectivity index (χ2v) is 6.33. The first-order chi connectivity index (χ1) is 13.5. The minimum absolute atomic E-state index is 0.0472. The molecule has 2 aromatic carbocycles. The summed E-state index contributed by atoms with van der Waals surface area (Å²) in [6, 6.07) is 11.6. The van der Waals surface area contributed by atoms with Crippen LogP contribution in [0.4, 0.5) is 14.7 Å². The van der Waals surface area contributed by atoms with E-state index in [-0.39, 0.29) is 17.5 Å². The minimum Gasteiger partial charge on any atom is -0.493 e. The van der Waals surface area contributed by atoms with Crippen LogP contribution in [0, 0.1) is 0 Å². The molecular weight excluding hydrogens is 392 g/mol. The van der Waals surface area contributed by atoms with Crippen molar-refractivity contribution in [3.05, 3.63) is 64.7 Å². The van der Waals surface area contributed by atoms with Gasteiger partial charge in [0.1, 0.15) is 6.04 Å². The second kappa shape index (κ2) is 7.43. The summed E-state index contributed by atoms with van der Waals surface area (Å²) in [5, 5.41) is 15.5. The van der Waals surface area contributed by atoms with E-state index in [1.807, 2.05) is 18.2 Å². The Morgan fingerprint density at radius 1 is 1.14 bits per heavy atom. The molecule has 1 aliphatic heterocycles. The Balaban J connectivity index is 1.76. The fraction of sp³-hybridized carbons (Fsp3) is 0.167. The standard InChI is InChI=1S/C18H14ClF2N5O2/c1-27-16-8-11(4-7-15(16)28-17(20)21)14-9-13(10-2-5-12(19)6-3-10)22-18-23-24-25-26(14)18/h2-9,14,17H,1H3,(H,22,23,25)/t14-/m1/s1. The lowest BCUT2D eigenvalue weighted by Crippen LogP contribution is -2.20. The number of methoxy groups -OCH3 is 1. The first kappa shape index (κ1) is 18.2. The van der Waals surface area contributed by atoms with Crippen molar-refractivity contribution in [2.75, 3.05) is 12.4 Å². The third-order valence-electron chi connectivity index (χ3n) is 4.23. The molecule has 0 spiro atoms. The number of allylic oxidation sites excluding steroid dienone is 1. The molecule has 144 valence electrons. The van der Waals surface area contributed by atoms with Gasteiger partial charge in [0.05, 0.1) is 7.11 Å². The molecule has 0 unspecified atom stereocenters. The molecule has 7 nitrogen and oxygen atoms in total. The van der Waals surface area contributed by atoms with Crippen LogP contribution in [0.3, 0.4) is 0 Å². The van der Waals surface area contributed by atoms with Gasteiger partial charge in [-0.1, -0.05) is 34.9 Å². The smallest absolute Gasteiger partial charge is 0.387 e. The van der Waals surface area contributed by atoms with Gasteiger partial charge in [0.25, 0.3) is 0 Å². The van der Waals surface area contributed by atoms with Gasteiger partial charge in [-0.2, -0.15) is 13.5 Å². The lowest BCUT2D eigenvalue weighted by atomic mass is 10.0. The summed E-state index contributed by atoms with van der Waals surface area (Å²) in [4.78, 5) is 0. The topological polar surface area (TPSA) is 74.1 Å². The van der Waals surface area contributed by atoms with E-state index in [1.165, 1.54) is 13.2 Å². The number of ether oxygens (including phenoxy) is 2. The van der Waals surface area contributed by atoms with Crippen molar-refractivity contribution in [1.29, 1.82) is 0 Å². The van der Waals surface area contributed by atoms with Crippen molar-refractivity contribution in [3.63, 3.8) is 0 Å². The van der Waals surface area contributed by atoms with Crippen LogP contribution in [0.2, 0.25) is 5.02 Å². The molecule has 0 fully saturated rings. The van der Waals surface area contributed by atoms with E-state index in [0.717, 1.165) is 16.8 Å². The molecule has 0 radical (unpaired) electrons. The average molecular weight is 406 g/mol. The monoisotopic (exact) mass is 405 g/mol. The lowest BCUT2D eigenvalue weighted by molar-refractivity contribution is -0.0512. The normalized spacial score (nSPS) is 15.6. The first-order valence-electron chi connectivity index (χ1n) is 8.20. The van der Waals surface area contributed by atoms with Crippen molar-refractivity contribution >= 4 is 23.2 Å². The number of anilines is 1. The predicted octanol–water partition coefficient (Wildman–Crippen LogP) is 3.99. The number of halogens is 3. The summed E-state index contributed by atoms with van der Waals surface area (Å²) in [6.07, 6.45) is 1.93. The molecule has 1 N–H and O–H groups in total. The summed E-state index contributed by atoms with van der Waals surface area (Å²) in [5.74, 6) is 0.589. The summed E-state index contributed by atoms with van der Waals surface area (Å²) < 4.78 is 36.4. The summed E-state index contributed by atoms with van der Waals surface area (Å²) in [6.45, 7) is -2.94. The van der Waals surface area contributed by atoms with Crippen molar-refractivity contribution in [2.24, 2.45) is 0 Å². The number of nitrogens with zero attached hydrogens (tertiary/aromatic N) is 4. The number of hydrogen-bond acceptors (Lipinski definition) is 6. The van der Waals surface area contributed by atoms with Crippen LogP contribution in [0.5, 0.6) is 11.5 Å². The van der Waals surface area contributed by atoms with Crippen LogP contribution in [0.15, 0.2) is 48.5 Å². The highest BCUT2D eigenvalue weighted by Gasteiger charge is 2.25. The van der Waals surface area contributed by atoms with Gasteiger partial charge in [-0.15, -0.1) is 0 Å². The van der Waals surface area contributed by atoms with Gasteiger partial charge < -0.3 is 14.8 Å². The van der Waals surface area contributed by atoms with E-state index in [4.69, 9.17) is 16.3 Å². The highest BCUT2D eigenvalue weighted by Crippen LogP contribution is 2.36.